The van der Waals surface area contributed by atoms with Gasteiger partial charge in [-0.2, -0.15) is 8.42 Å². The molecule has 5 nitrogen and oxygen atoms in total. The van der Waals surface area contributed by atoms with Crippen LogP contribution in [0, 0.1) is 5.92 Å². The molecule has 6 heteroatoms. The Morgan fingerprint density at radius 2 is 1.94 bits per heavy atom. The van der Waals surface area contributed by atoms with Gasteiger partial charge in [0.15, 0.2) is 0 Å². The molecule has 1 aliphatic rings. The van der Waals surface area contributed by atoms with Crippen molar-refractivity contribution >= 4 is 16.0 Å². The maximum absolute atomic E-state index is 11.8. The molecule has 0 saturated carbocycles. The average Bonchev–Trinajstić information content (AvgIpc) is 2.58. The third-order valence-electron chi connectivity index (χ3n) is 2.50. The highest BCUT2D eigenvalue weighted by Crippen LogP contribution is 2.21. The molecule has 1 aromatic carbocycles. The Labute approximate surface area is 100 Å². The maximum atomic E-state index is 11.8. The monoisotopic (exact) mass is 255 g/mol. The highest BCUT2D eigenvalue weighted by molar-refractivity contribution is 7.86. The summed E-state index contributed by atoms with van der Waals surface area (Å²) in [6.07, 6.45) is 0.324. The van der Waals surface area contributed by atoms with Gasteiger partial charge in [0.05, 0.1) is 11.4 Å². The zero-order valence-corrected chi connectivity index (χ0v) is 10.2. The first-order chi connectivity index (χ1) is 7.99. The molecule has 1 aromatic rings. The zero-order chi connectivity index (χ0) is 12.5. The number of nitrogens with zero attached hydrogens (tertiary/aromatic N) is 1. The van der Waals surface area contributed by atoms with E-state index in [0.717, 1.165) is 5.06 Å². The van der Waals surface area contributed by atoms with Gasteiger partial charge < -0.3 is 0 Å². The van der Waals surface area contributed by atoms with E-state index in [9.17, 15) is 13.2 Å². The molecule has 92 valence electrons. The van der Waals surface area contributed by atoms with Crippen LogP contribution in [0.5, 0.6) is 0 Å². The lowest BCUT2D eigenvalue weighted by Crippen LogP contribution is -2.28. The summed E-state index contributed by atoms with van der Waals surface area (Å²) in [6, 6.07) is 7.77. The number of hydrogen-bond acceptors (Lipinski definition) is 4. The quantitative estimate of drug-likeness (QED) is 0.813. The normalized spacial score (nSPS) is 20.9. The SMILES string of the molecule is CC1CC(=O)N(OS(=O)(=O)c2ccccc2)C1. The lowest BCUT2D eigenvalue weighted by Gasteiger charge is -2.14. The minimum absolute atomic E-state index is 0.0485. The predicted molar refractivity (Wildman–Crippen MR) is 60.2 cm³/mol. The van der Waals surface area contributed by atoms with E-state index in [0.29, 0.717) is 13.0 Å². The lowest BCUT2D eigenvalue weighted by atomic mass is 10.2. The van der Waals surface area contributed by atoms with Crippen LogP contribution in [0.25, 0.3) is 0 Å². The van der Waals surface area contributed by atoms with Crippen LogP contribution < -0.4 is 0 Å². The van der Waals surface area contributed by atoms with E-state index in [1.165, 1.54) is 12.1 Å². The Balaban J connectivity index is 2.16. The molecule has 1 aliphatic heterocycles. The van der Waals surface area contributed by atoms with E-state index < -0.39 is 10.1 Å². The molecule has 1 atom stereocenters. The molecular formula is C11H13NO4S. The molecule has 1 saturated heterocycles. The molecule has 0 N–H and O–H groups in total. The summed E-state index contributed by atoms with van der Waals surface area (Å²) < 4.78 is 28.5. The van der Waals surface area contributed by atoms with E-state index in [2.05, 4.69) is 0 Å². The number of carbonyl (C=O) groups is 1. The Bertz CT molecular complexity index is 512. The minimum atomic E-state index is -3.89. The van der Waals surface area contributed by atoms with Crippen LogP contribution in [0.1, 0.15) is 13.3 Å². The smallest absolute Gasteiger partial charge is 0.273 e. The van der Waals surface area contributed by atoms with Crippen molar-refractivity contribution in [1.29, 1.82) is 0 Å². The third-order valence-corrected chi connectivity index (χ3v) is 3.72. The van der Waals surface area contributed by atoms with Crippen molar-refractivity contribution in [3.05, 3.63) is 30.3 Å². The van der Waals surface area contributed by atoms with Crippen LogP contribution in [0.2, 0.25) is 0 Å². The fraction of sp³-hybridized carbons (Fsp3) is 0.364. The van der Waals surface area contributed by atoms with Crippen molar-refractivity contribution in [3.63, 3.8) is 0 Å². The van der Waals surface area contributed by atoms with Crippen molar-refractivity contribution < 1.29 is 17.5 Å². The first kappa shape index (κ1) is 12.1. The second-order valence-electron chi connectivity index (χ2n) is 4.11. The summed E-state index contributed by atoms with van der Waals surface area (Å²) in [5.74, 6) is -0.175. The van der Waals surface area contributed by atoms with Gasteiger partial charge in [0, 0.05) is 6.42 Å². The van der Waals surface area contributed by atoms with Crippen LogP contribution in [0.4, 0.5) is 0 Å². The summed E-state index contributed by atoms with van der Waals surface area (Å²) in [5.41, 5.74) is 0. The molecule has 1 unspecified atom stereocenters. The van der Waals surface area contributed by atoms with E-state index in [1.807, 2.05) is 6.92 Å². The van der Waals surface area contributed by atoms with Crippen molar-refractivity contribution in [2.24, 2.45) is 5.92 Å². The molecule has 1 fully saturated rings. The predicted octanol–water partition coefficient (Wildman–Crippen LogP) is 1.18. The third kappa shape index (κ3) is 2.65. The molecule has 1 amide bonds. The van der Waals surface area contributed by atoms with Crippen molar-refractivity contribution in [3.8, 4) is 0 Å². The van der Waals surface area contributed by atoms with Gasteiger partial charge in [-0.05, 0) is 18.1 Å². The number of carbonyl (C=O) groups excluding carboxylic acids is 1. The highest BCUT2D eigenvalue weighted by Gasteiger charge is 2.32. The number of hydroxylamine groups is 2. The largest absolute Gasteiger partial charge is 0.317 e. The summed E-state index contributed by atoms with van der Waals surface area (Å²) in [6.45, 7) is 2.18. The van der Waals surface area contributed by atoms with Gasteiger partial charge >= 0.3 is 10.1 Å². The van der Waals surface area contributed by atoms with Crippen LogP contribution in [0.15, 0.2) is 35.2 Å². The molecule has 0 aliphatic carbocycles. The van der Waals surface area contributed by atoms with Crippen LogP contribution in [0.3, 0.4) is 0 Å². The minimum Gasteiger partial charge on any atom is -0.273 e. The Morgan fingerprint density at radius 3 is 2.47 bits per heavy atom. The van der Waals surface area contributed by atoms with Gasteiger partial charge in [0.25, 0.3) is 0 Å². The standard InChI is InChI=1S/C11H13NO4S/c1-9-7-11(13)12(8-9)16-17(14,15)10-5-3-2-4-6-10/h2-6,9H,7-8H2,1H3. The van der Waals surface area contributed by atoms with E-state index in [-0.39, 0.29) is 16.7 Å². The van der Waals surface area contributed by atoms with Gasteiger partial charge in [-0.1, -0.05) is 25.1 Å². The van der Waals surface area contributed by atoms with Crippen molar-refractivity contribution in [2.75, 3.05) is 6.54 Å². The molecule has 2 rings (SSSR count). The second-order valence-corrected chi connectivity index (χ2v) is 5.63. The fourth-order valence-corrected chi connectivity index (χ4v) is 2.63. The second kappa shape index (κ2) is 4.46. The topological polar surface area (TPSA) is 63.7 Å². The summed E-state index contributed by atoms with van der Waals surface area (Å²) in [5, 5.41) is 0.924. The van der Waals surface area contributed by atoms with Gasteiger partial charge in [0.2, 0.25) is 5.91 Å². The summed E-state index contributed by atoms with van der Waals surface area (Å²) >= 11 is 0. The molecular weight excluding hydrogens is 242 g/mol. The Kier molecular flexibility index (Phi) is 3.17. The van der Waals surface area contributed by atoms with Gasteiger partial charge in [0.1, 0.15) is 0 Å². The average molecular weight is 255 g/mol. The molecule has 17 heavy (non-hydrogen) atoms. The molecule has 0 radical (unpaired) electrons. The Morgan fingerprint density at radius 1 is 1.29 bits per heavy atom. The number of hydrogen-bond donors (Lipinski definition) is 0. The molecule has 0 spiro atoms. The summed E-state index contributed by atoms with van der Waals surface area (Å²) in [7, 11) is -3.89. The van der Waals surface area contributed by atoms with Crippen LogP contribution in [-0.2, 0) is 19.2 Å². The van der Waals surface area contributed by atoms with E-state index in [4.69, 9.17) is 4.28 Å². The number of rotatable bonds is 3. The highest BCUT2D eigenvalue weighted by atomic mass is 32.2. The zero-order valence-electron chi connectivity index (χ0n) is 9.37. The van der Waals surface area contributed by atoms with Crippen molar-refractivity contribution in [2.45, 2.75) is 18.2 Å². The van der Waals surface area contributed by atoms with E-state index >= 15 is 0 Å². The van der Waals surface area contributed by atoms with Crippen molar-refractivity contribution in [1.82, 2.24) is 5.06 Å². The van der Waals surface area contributed by atoms with Crippen LogP contribution in [-0.4, -0.2) is 25.9 Å². The fourth-order valence-electron chi connectivity index (χ4n) is 1.67. The first-order valence-electron chi connectivity index (χ1n) is 5.29. The van der Waals surface area contributed by atoms with Gasteiger partial charge in [-0.25, -0.2) is 5.06 Å². The molecule has 0 aromatic heterocycles. The van der Waals surface area contributed by atoms with Crippen LogP contribution >= 0.6 is 0 Å². The molecule has 0 bridgehead atoms. The van der Waals surface area contributed by atoms with Gasteiger partial charge in [-0.15, -0.1) is 4.28 Å². The van der Waals surface area contributed by atoms with E-state index in [1.54, 1.807) is 18.2 Å². The lowest BCUT2D eigenvalue weighted by molar-refractivity contribution is -0.149. The number of benzene rings is 1. The molecule has 1 heterocycles. The number of amides is 1. The maximum Gasteiger partial charge on any atom is 0.317 e. The Hall–Kier alpha value is -1.40. The summed E-state index contributed by atoms with van der Waals surface area (Å²) in [4.78, 5) is 11.5. The first-order valence-corrected chi connectivity index (χ1v) is 6.70. The van der Waals surface area contributed by atoms with Gasteiger partial charge in [-0.3, -0.25) is 4.79 Å².